The van der Waals surface area contributed by atoms with E-state index >= 15 is 8.78 Å². The lowest BCUT2D eigenvalue weighted by atomic mass is 9.95. The number of hydrogen-bond donors (Lipinski definition) is 4. The molecule has 5 aliphatic rings. The Kier molecular flexibility index (Phi) is 10.3. The average molecular weight is 889 g/mol. The number of nitrogens with one attached hydrogen (secondary N) is 4. The minimum Gasteiger partial charge on any atom is -0.453 e. The number of aromatic nitrogens is 4. The number of amides is 4. The van der Waals surface area contributed by atoms with Crippen molar-refractivity contribution in [2.75, 3.05) is 20.8 Å². The van der Waals surface area contributed by atoms with Gasteiger partial charge < -0.3 is 39.9 Å². The largest absolute Gasteiger partial charge is 0.453 e. The van der Waals surface area contributed by atoms with Gasteiger partial charge >= 0.3 is 12.2 Å². The number of carbonyl (C=O) groups is 4. The van der Waals surface area contributed by atoms with E-state index in [9.17, 15) is 19.2 Å². The van der Waals surface area contributed by atoms with Crippen molar-refractivity contribution in [3.05, 3.63) is 83.6 Å². The number of likely N-dealkylation sites (tertiary alicyclic amines) is 2. The van der Waals surface area contributed by atoms with Crippen LogP contribution in [0.3, 0.4) is 0 Å². The molecule has 16 heteroatoms. The minimum atomic E-state index is -3.29. The van der Waals surface area contributed by atoms with Crippen molar-refractivity contribution in [2.24, 2.45) is 23.2 Å². The monoisotopic (exact) mass is 888 g/mol. The fraction of sp³-hybridized carbons (Fsp3) is 0.469. The number of benzene rings is 3. The van der Waals surface area contributed by atoms with Crippen LogP contribution in [0.4, 0.5) is 18.4 Å². The second-order valence-electron chi connectivity index (χ2n) is 19.4. The van der Waals surface area contributed by atoms with Crippen molar-refractivity contribution in [1.29, 1.82) is 0 Å². The van der Waals surface area contributed by atoms with E-state index in [0.717, 1.165) is 49.6 Å². The fourth-order valence-electron chi connectivity index (χ4n) is 11.0. The van der Waals surface area contributed by atoms with Crippen LogP contribution in [0.15, 0.2) is 60.8 Å². The molecular weight excluding hydrogens is 835 g/mol. The highest BCUT2D eigenvalue weighted by molar-refractivity contribution is 5.89. The lowest BCUT2D eigenvalue weighted by molar-refractivity contribution is -0.139. The zero-order valence-corrected chi connectivity index (χ0v) is 37.3. The van der Waals surface area contributed by atoms with Crippen LogP contribution in [0.5, 0.6) is 0 Å². The van der Waals surface area contributed by atoms with E-state index in [1.54, 1.807) is 29.3 Å². The number of rotatable bonds is 10. The lowest BCUT2D eigenvalue weighted by Crippen LogP contribution is -2.54. The van der Waals surface area contributed by atoms with Gasteiger partial charge in [0.05, 0.1) is 49.2 Å². The van der Waals surface area contributed by atoms with Crippen LogP contribution < -0.4 is 10.6 Å². The molecule has 4 unspecified atom stereocenters. The number of piperidine rings is 1. The standard InChI is InChI=1S/C49H54F2N8O6/c1-24(2)39(56-46(62)64-5)44(60)58-23-48(15-16-48)21-38(58)42-52-22-37(55-42)28-9-13-32-31-12-8-26(18-33(31)49(50,51)34(32)19-28)27-10-14-35-36(20-27)54-43(53-35)41-29-7-11-30(17-29)59(41)45(61)40(25(3)4)57-47(63)65-6/h8-10,12-14,18-20,22,24-25,29-30,38-41H,7,11,15-17,21,23H2,1-6H3,(H,52,55)(H,53,54)(H,56,62)(H,57,63)/t29-,30-,38?,39?,40?,41?/m1/s1. The molecule has 4 fully saturated rings. The molecule has 5 aromatic rings. The van der Waals surface area contributed by atoms with Gasteiger partial charge in [0.2, 0.25) is 11.8 Å². The Hall–Kier alpha value is -6.32. The van der Waals surface area contributed by atoms with Gasteiger partial charge in [0.15, 0.2) is 0 Å². The normalized spacial score (nSPS) is 22.9. The fourth-order valence-corrected chi connectivity index (χ4v) is 11.0. The number of alkyl halides is 2. The first-order chi connectivity index (χ1) is 31.1. The number of aromatic amines is 2. The molecule has 2 bridgehead atoms. The van der Waals surface area contributed by atoms with Gasteiger partial charge in [0.1, 0.15) is 23.7 Å². The molecule has 340 valence electrons. The number of imidazole rings is 2. The zero-order chi connectivity index (χ0) is 45.7. The quantitative estimate of drug-likeness (QED) is 0.108. The summed E-state index contributed by atoms with van der Waals surface area (Å²) in [5, 5.41) is 5.43. The maximum atomic E-state index is 16.7. The van der Waals surface area contributed by atoms with Gasteiger partial charge in [0, 0.05) is 29.3 Å². The minimum absolute atomic E-state index is 0.0102. The molecule has 3 aromatic carbocycles. The molecule has 0 radical (unpaired) electrons. The average Bonchev–Trinajstić information content (AvgIpc) is 3.95. The number of ether oxygens (including phenoxy) is 2. The van der Waals surface area contributed by atoms with Crippen LogP contribution in [0.25, 0.3) is 44.5 Å². The van der Waals surface area contributed by atoms with Crippen molar-refractivity contribution in [3.63, 3.8) is 0 Å². The van der Waals surface area contributed by atoms with Gasteiger partial charge in [-0.2, -0.15) is 8.78 Å². The van der Waals surface area contributed by atoms with E-state index in [-0.39, 0.29) is 64.2 Å². The molecule has 6 atom stereocenters. The van der Waals surface area contributed by atoms with Crippen molar-refractivity contribution in [2.45, 2.75) is 102 Å². The maximum absolute atomic E-state index is 16.7. The number of hydrogen-bond acceptors (Lipinski definition) is 8. The summed E-state index contributed by atoms with van der Waals surface area (Å²) < 4.78 is 43.0. The molecule has 2 aliphatic heterocycles. The van der Waals surface area contributed by atoms with Crippen LogP contribution in [0.1, 0.15) is 101 Å². The first-order valence-corrected chi connectivity index (χ1v) is 22.6. The Labute approximate surface area is 375 Å². The van der Waals surface area contributed by atoms with Crippen molar-refractivity contribution < 1.29 is 37.4 Å². The molecule has 2 aromatic heterocycles. The SMILES string of the molecule is COC(=O)NC(C(=O)N1CC2(CC2)CC1c1ncc(-c2ccc3c(c2)C(F)(F)c2cc(-c4ccc5nc(C6[C@@H]7CC[C@H](C7)N6C(=O)C(NC(=O)OC)C(C)C)[nH]c5c4)ccc2-3)[nH]1)C(C)C. The summed E-state index contributed by atoms with van der Waals surface area (Å²) in [6, 6.07) is 13.8. The molecule has 2 saturated carbocycles. The van der Waals surface area contributed by atoms with Gasteiger partial charge in [-0.1, -0.05) is 58.0 Å². The second kappa shape index (κ2) is 15.7. The number of methoxy groups -OCH3 is 2. The molecule has 1 spiro atoms. The molecular formula is C49H54F2N8O6. The molecule has 65 heavy (non-hydrogen) atoms. The lowest BCUT2D eigenvalue weighted by Gasteiger charge is -2.37. The summed E-state index contributed by atoms with van der Waals surface area (Å²) in [6.07, 6.45) is 5.75. The Balaban J connectivity index is 0.896. The second-order valence-corrected chi connectivity index (χ2v) is 19.4. The number of alkyl carbamates (subject to hydrolysis) is 2. The van der Waals surface area contributed by atoms with Crippen LogP contribution >= 0.6 is 0 Å². The third kappa shape index (κ3) is 7.19. The van der Waals surface area contributed by atoms with Gasteiger partial charge in [-0.25, -0.2) is 19.6 Å². The topological polar surface area (TPSA) is 175 Å². The highest BCUT2D eigenvalue weighted by Gasteiger charge is 2.56. The summed E-state index contributed by atoms with van der Waals surface area (Å²) >= 11 is 0. The summed E-state index contributed by atoms with van der Waals surface area (Å²) in [5.74, 6) is -2.53. The number of H-pyrrole nitrogens is 2. The number of carbonyl (C=O) groups excluding carboxylic acids is 4. The van der Waals surface area contributed by atoms with E-state index in [1.165, 1.54) is 20.3 Å². The highest BCUT2D eigenvalue weighted by Crippen LogP contribution is 2.59. The Bertz CT molecular complexity index is 2740. The van der Waals surface area contributed by atoms with Crippen molar-refractivity contribution >= 4 is 35.0 Å². The first kappa shape index (κ1) is 42.6. The number of nitrogens with zero attached hydrogens (tertiary/aromatic N) is 4. The Morgan fingerprint density at radius 1 is 0.785 bits per heavy atom. The summed E-state index contributed by atoms with van der Waals surface area (Å²) in [7, 11) is 2.54. The maximum Gasteiger partial charge on any atom is 0.407 e. The van der Waals surface area contributed by atoms with Gasteiger partial charge in [-0.05, 0) is 108 Å². The molecule has 2 saturated heterocycles. The molecule has 4 heterocycles. The third-order valence-electron chi connectivity index (χ3n) is 14.7. The third-order valence-corrected chi connectivity index (χ3v) is 14.7. The van der Waals surface area contributed by atoms with Crippen LogP contribution in [0.2, 0.25) is 0 Å². The first-order valence-electron chi connectivity index (χ1n) is 22.6. The van der Waals surface area contributed by atoms with E-state index in [4.69, 9.17) is 19.4 Å². The summed E-state index contributed by atoms with van der Waals surface area (Å²) in [4.78, 5) is 72.6. The Morgan fingerprint density at radius 3 is 2.05 bits per heavy atom. The molecule has 10 rings (SSSR count). The van der Waals surface area contributed by atoms with E-state index in [0.29, 0.717) is 51.7 Å². The van der Waals surface area contributed by atoms with Gasteiger partial charge in [-0.15, -0.1) is 0 Å². The van der Waals surface area contributed by atoms with Gasteiger partial charge in [-0.3, -0.25) is 9.59 Å². The molecule has 4 amide bonds. The predicted molar refractivity (Wildman–Crippen MR) is 237 cm³/mol. The Morgan fingerprint density at radius 2 is 1.40 bits per heavy atom. The van der Waals surface area contributed by atoms with Crippen LogP contribution in [-0.2, 0) is 25.0 Å². The highest BCUT2D eigenvalue weighted by atomic mass is 19.3. The molecule has 14 nitrogen and oxygen atoms in total. The van der Waals surface area contributed by atoms with Crippen molar-refractivity contribution in [3.8, 4) is 33.5 Å². The van der Waals surface area contributed by atoms with E-state index < -0.39 is 30.2 Å². The molecule has 4 N–H and O–H groups in total. The zero-order valence-electron chi connectivity index (χ0n) is 37.3. The van der Waals surface area contributed by atoms with Gasteiger partial charge in [0.25, 0.3) is 5.92 Å². The number of halogens is 2. The molecule has 3 aliphatic carbocycles. The van der Waals surface area contributed by atoms with E-state index in [2.05, 4.69) is 20.6 Å². The smallest absolute Gasteiger partial charge is 0.407 e. The van der Waals surface area contributed by atoms with Crippen LogP contribution in [0, 0.1) is 23.2 Å². The van der Waals surface area contributed by atoms with Crippen molar-refractivity contribution in [1.82, 2.24) is 40.4 Å². The number of fused-ring (bicyclic) bond motifs is 6. The summed E-state index contributed by atoms with van der Waals surface area (Å²) in [5.41, 5.74) is 4.68. The summed E-state index contributed by atoms with van der Waals surface area (Å²) in [6.45, 7) is 8.09. The van der Waals surface area contributed by atoms with Crippen LogP contribution in [-0.4, -0.2) is 92.6 Å². The predicted octanol–water partition coefficient (Wildman–Crippen LogP) is 8.61. The van der Waals surface area contributed by atoms with E-state index in [1.807, 2.05) is 62.9 Å².